The summed E-state index contributed by atoms with van der Waals surface area (Å²) >= 11 is 7.23. The number of carbonyl (C=O) groups excluding carboxylic acids is 2. The van der Waals surface area contributed by atoms with Crippen molar-refractivity contribution in [1.29, 1.82) is 0 Å². The minimum Gasteiger partial charge on any atom is -0.497 e. The van der Waals surface area contributed by atoms with Crippen LogP contribution in [-0.4, -0.2) is 23.9 Å². The Morgan fingerprint density at radius 1 is 1.23 bits per heavy atom. The Labute approximate surface area is 159 Å². The zero-order valence-corrected chi connectivity index (χ0v) is 15.5. The average Bonchev–Trinajstić information content (AvgIpc) is 3.16. The molecule has 1 saturated heterocycles. The number of hydrogen-bond donors (Lipinski definition) is 0. The Kier molecular flexibility index (Phi) is 4.38. The zero-order valence-electron chi connectivity index (χ0n) is 13.9. The number of methoxy groups -OCH3 is 1. The number of ether oxygens (including phenoxy) is 1. The molecule has 0 unspecified atom stereocenters. The fraction of sp³-hybridized carbons (Fsp3) is 0.211. The number of amides is 2. The first kappa shape index (κ1) is 17.0. The van der Waals surface area contributed by atoms with E-state index in [1.165, 1.54) is 16.2 Å². The molecule has 0 bridgehead atoms. The van der Waals surface area contributed by atoms with Gasteiger partial charge in [0.2, 0.25) is 11.8 Å². The fourth-order valence-corrected chi connectivity index (χ4v) is 4.17. The molecule has 26 heavy (non-hydrogen) atoms. The van der Waals surface area contributed by atoms with Gasteiger partial charge in [-0.15, -0.1) is 0 Å². The van der Waals surface area contributed by atoms with E-state index >= 15 is 0 Å². The van der Waals surface area contributed by atoms with Gasteiger partial charge in [0.1, 0.15) is 5.75 Å². The predicted octanol–water partition coefficient (Wildman–Crippen LogP) is 4.08. The Hall–Kier alpha value is -2.44. The molecule has 2 heterocycles. The van der Waals surface area contributed by atoms with E-state index in [4.69, 9.17) is 16.3 Å². The number of thiazole rings is 1. The van der Waals surface area contributed by atoms with Crippen molar-refractivity contribution in [2.45, 2.75) is 12.8 Å². The van der Waals surface area contributed by atoms with Crippen LogP contribution in [0, 0.1) is 5.92 Å². The number of nitrogens with zero attached hydrogens (tertiary/aromatic N) is 2. The van der Waals surface area contributed by atoms with Gasteiger partial charge in [0, 0.05) is 17.5 Å². The standard InChI is InChI=1S/C19H15ClN2O3S/c1-25-14-6-7-16-15(10-14)21-19(26-16)22-17(23)9-12(18(22)24)8-11-2-4-13(20)5-3-11/h2-7,10,12H,8-9H2,1H3/t12-/m0/s1. The van der Waals surface area contributed by atoms with Gasteiger partial charge in [-0.25, -0.2) is 9.88 Å². The van der Waals surface area contributed by atoms with Crippen molar-refractivity contribution in [3.05, 3.63) is 53.1 Å². The molecule has 1 fully saturated rings. The molecule has 132 valence electrons. The van der Waals surface area contributed by atoms with E-state index < -0.39 is 0 Å². The minimum atomic E-state index is -0.370. The molecule has 1 aliphatic rings. The quantitative estimate of drug-likeness (QED) is 0.634. The molecule has 0 saturated carbocycles. The lowest BCUT2D eigenvalue weighted by molar-refractivity contribution is -0.122. The molecule has 1 atom stereocenters. The second-order valence-corrected chi connectivity index (χ2v) is 7.57. The van der Waals surface area contributed by atoms with Crippen LogP contribution < -0.4 is 9.64 Å². The number of benzene rings is 2. The van der Waals surface area contributed by atoms with E-state index in [1.807, 2.05) is 24.3 Å². The summed E-state index contributed by atoms with van der Waals surface area (Å²) < 4.78 is 6.10. The van der Waals surface area contributed by atoms with Crippen molar-refractivity contribution in [1.82, 2.24) is 4.98 Å². The summed E-state index contributed by atoms with van der Waals surface area (Å²) in [5, 5.41) is 1.07. The molecule has 1 aromatic heterocycles. The molecule has 4 rings (SSSR count). The van der Waals surface area contributed by atoms with E-state index in [-0.39, 0.29) is 24.2 Å². The number of hydrogen-bond acceptors (Lipinski definition) is 5. The van der Waals surface area contributed by atoms with Crippen LogP contribution in [-0.2, 0) is 16.0 Å². The van der Waals surface area contributed by atoms with Crippen LogP contribution in [0.3, 0.4) is 0 Å². The first-order chi connectivity index (χ1) is 12.5. The molecular weight excluding hydrogens is 372 g/mol. The Balaban J connectivity index is 1.59. The molecule has 0 radical (unpaired) electrons. The predicted molar refractivity (Wildman–Crippen MR) is 102 cm³/mol. The highest BCUT2D eigenvalue weighted by Gasteiger charge is 2.40. The maximum atomic E-state index is 12.8. The van der Waals surface area contributed by atoms with Gasteiger partial charge in [-0.3, -0.25) is 9.59 Å². The summed E-state index contributed by atoms with van der Waals surface area (Å²) in [5.41, 5.74) is 1.70. The normalized spacial score (nSPS) is 17.3. The van der Waals surface area contributed by atoms with E-state index in [1.54, 1.807) is 25.3 Å². The molecular formula is C19H15ClN2O3S. The summed E-state index contributed by atoms with van der Waals surface area (Å²) in [6.45, 7) is 0. The first-order valence-corrected chi connectivity index (χ1v) is 9.30. The molecule has 0 spiro atoms. The SMILES string of the molecule is COc1ccc2sc(N3C(=O)C[C@H](Cc4ccc(Cl)cc4)C3=O)nc2c1. The van der Waals surface area contributed by atoms with E-state index in [2.05, 4.69) is 4.98 Å². The van der Waals surface area contributed by atoms with Gasteiger partial charge in [-0.2, -0.15) is 0 Å². The number of halogens is 1. The Morgan fingerprint density at radius 2 is 2.00 bits per heavy atom. The number of carbonyl (C=O) groups is 2. The van der Waals surface area contributed by atoms with Gasteiger partial charge >= 0.3 is 0 Å². The minimum absolute atomic E-state index is 0.195. The lowest BCUT2D eigenvalue weighted by Crippen LogP contribution is -2.30. The van der Waals surface area contributed by atoms with Crippen LogP contribution in [0.1, 0.15) is 12.0 Å². The second-order valence-electron chi connectivity index (χ2n) is 6.13. The molecule has 2 amide bonds. The summed E-state index contributed by atoms with van der Waals surface area (Å²) in [5.74, 6) is -0.0878. The van der Waals surface area contributed by atoms with E-state index in [0.717, 1.165) is 10.3 Å². The third-order valence-corrected chi connectivity index (χ3v) is 5.68. The van der Waals surface area contributed by atoms with Gasteiger partial charge in [-0.05, 0) is 36.2 Å². The van der Waals surface area contributed by atoms with Crippen molar-refractivity contribution in [2.24, 2.45) is 5.92 Å². The molecule has 0 aliphatic carbocycles. The lowest BCUT2D eigenvalue weighted by Gasteiger charge is -2.11. The molecule has 0 N–H and O–H groups in total. The van der Waals surface area contributed by atoms with Crippen molar-refractivity contribution >= 4 is 50.1 Å². The van der Waals surface area contributed by atoms with Gasteiger partial charge in [0.15, 0.2) is 5.13 Å². The molecule has 2 aromatic carbocycles. The number of anilines is 1. The van der Waals surface area contributed by atoms with Crippen molar-refractivity contribution in [2.75, 3.05) is 12.0 Å². The monoisotopic (exact) mass is 386 g/mol. The van der Waals surface area contributed by atoms with Crippen LogP contribution in [0.15, 0.2) is 42.5 Å². The van der Waals surface area contributed by atoms with Crippen LogP contribution in [0.2, 0.25) is 5.02 Å². The topological polar surface area (TPSA) is 59.5 Å². The first-order valence-electron chi connectivity index (χ1n) is 8.11. The largest absolute Gasteiger partial charge is 0.497 e. The molecule has 1 aliphatic heterocycles. The van der Waals surface area contributed by atoms with Crippen LogP contribution in [0.4, 0.5) is 5.13 Å². The second kappa shape index (κ2) is 6.70. The maximum Gasteiger partial charge on any atom is 0.239 e. The van der Waals surface area contributed by atoms with E-state index in [0.29, 0.717) is 27.8 Å². The van der Waals surface area contributed by atoms with Crippen molar-refractivity contribution in [3.8, 4) is 5.75 Å². The lowest BCUT2D eigenvalue weighted by atomic mass is 9.98. The van der Waals surface area contributed by atoms with E-state index in [9.17, 15) is 9.59 Å². The van der Waals surface area contributed by atoms with Crippen molar-refractivity contribution < 1.29 is 14.3 Å². The van der Waals surface area contributed by atoms with Crippen molar-refractivity contribution in [3.63, 3.8) is 0 Å². The zero-order chi connectivity index (χ0) is 18.3. The Bertz CT molecular complexity index is 1000. The summed E-state index contributed by atoms with van der Waals surface area (Å²) in [7, 11) is 1.59. The van der Waals surface area contributed by atoms with Crippen LogP contribution in [0.25, 0.3) is 10.2 Å². The van der Waals surface area contributed by atoms with Gasteiger partial charge in [-0.1, -0.05) is 35.1 Å². The third kappa shape index (κ3) is 3.06. The molecule has 7 heteroatoms. The highest BCUT2D eigenvalue weighted by Crippen LogP contribution is 2.35. The fourth-order valence-electron chi connectivity index (χ4n) is 3.08. The van der Waals surface area contributed by atoms with Gasteiger partial charge < -0.3 is 4.74 Å². The summed E-state index contributed by atoms with van der Waals surface area (Å²) in [4.78, 5) is 31.0. The highest BCUT2D eigenvalue weighted by atomic mass is 35.5. The number of imide groups is 1. The van der Waals surface area contributed by atoms with Crippen LogP contribution in [0.5, 0.6) is 5.75 Å². The summed E-state index contributed by atoms with van der Waals surface area (Å²) in [6.07, 6.45) is 0.706. The number of fused-ring (bicyclic) bond motifs is 1. The van der Waals surface area contributed by atoms with Gasteiger partial charge in [0.05, 0.1) is 23.2 Å². The smallest absolute Gasteiger partial charge is 0.239 e. The number of rotatable bonds is 4. The average molecular weight is 387 g/mol. The highest BCUT2D eigenvalue weighted by molar-refractivity contribution is 7.22. The van der Waals surface area contributed by atoms with Gasteiger partial charge in [0.25, 0.3) is 0 Å². The third-order valence-electron chi connectivity index (χ3n) is 4.41. The molecule has 3 aromatic rings. The maximum absolute atomic E-state index is 12.8. The summed E-state index contributed by atoms with van der Waals surface area (Å²) in [6, 6.07) is 12.9. The van der Waals surface area contributed by atoms with Crippen LogP contribution >= 0.6 is 22.9 Å². The Morgan fingerprint density at radius 3 is 2.73 bits per heavy atom. The molecule has 5 nitrogen and oxygen atoms in total. The number of aromatic nitrogens is 1.